The Morgan fingerprint density at radius 3 is 2.36 bits per heavy atom. The maximum Gasteiger partial charge on any atom is 0.418 e. The molecule has 0 fully saturated rings. The molecule has 206 valence electrons. The molecule has 0 unspecified atom stereocenters. The second kappa shape index (κ2) is 11.7. The molecule has 0 aliphatic heterocycles. The summed E-state index contributed by atoms with van der Waals surface area (Å²) in [5, 5.41) is 4.06. The molecule has 6 nitrogen and oxygen atoms in total. The number of alkyl halides is 3. The molecule has 2 heterocycles. The van der Waals surface area contributed by atoms with Gasteiger partial charge in [-0.3, -0.25) is 4.98 Å². The van der Waals surface area contributed by atoms with E-state index in [0.717, 1.165) is 24.7 Å². The molecule has 39 heavy (non-hydrogen) atoms. The minimum atomic E-state index is -4.52. The van der Waals surface area contributed by atoms with Crippen LogP contribution in [0.25, 0.3) is 22.2 Å². The number of anilines is 2. The van der Waals surface area contributed by atoms with Crippen LogP contribution in [0.2, 0.25) is 0 Å². The lowest BCUT2D eigenvalue weighted by Gasteiger charge is -2.19. The van der Waals surface area contributed by atoms with Gasteiger partial charge < -0.3 is 15.0 Å². The minimum Gasteiger partial charge on any atom is -0.373 e. The van der Waals surface area contributed by atoms with Crippen LogP contribution >= 0.6 is 0 Å². The van der Waals surface area contributed by atoms with Crippen LogP contribution in [0.3, 0.4) is 0 Å². The van der Waals surface area contributed by atoms with E-state index in [1.165, 1.54) is 22.7 Å². The van der Waals surface area contributed by atoms with Gasteiger partial charge in [-0.05, 0) is 47.4 Å². The third-order valence-corrected chi connectivity index (χ3v) is 6.34. The topological polar surface area (TPSA) is 64.4 Å². The molecule has 2 N–H and O–H groups in total. The van der Waals surface area contributed by atoms with Crippen molar-refractivity contribution < 1.29 is 22.8 Å². The summed E-state index contributed by atoms with van der Waals surface area (Å²) in [4.78, 5) is 14.7. The summed E-state index contributed by atoms with van der Waals surface area (Å²) in [7, 11) is 4.17. The Kier molecular flexibility index (Phi) is 8.51. The molecule has 0 aliphatic rings. The molecule has 2 aromatic carbocycles. The SMILES string of the molecule is C[NH+](C)CCCOCc1nc(Nc2ccc(C(C)(C)C)cc2)c2ccc(-c3ncccc3C(F)(F)F)cc2n1. The fraction of sp³-hybridized carbons (Fsp3) is 0.367. The van der Waals surface area contributed by atoms with Crippen molar-refractivity contribution in [2.24, 2.45) is 0 Å². The smallest absolute Gasteiger partial charge is 0.373 e. The number of nitrogens with one attached hydrogen (secondary N) is 2. The van der Waals surface area contributed by atoms with E-state index in [1.807, 2.05) is 12.1 Å². The standard InChI is InChI=1S/C30H34F3N5O/c1-29(2,3)21-10-12-22(13-11-21)35-28-23-14-9-20(27-24(30(31,32)33)8-6-15-34-27)18-25(23)36-26(37-28)19-39-17-7-16-38(4)5/h6,8-15,18H,7,16-17,19H2,1-5H3,(H,35,36,37)/p+1. The Bertz CT molecular complexity index is 1410. The van der Waals surface area contributed by atoms with E-state index in [2.05, 4.69) is 62.3 Å². The highest BCUT2D eigenvalue weighted by molar-refractivity contribution is 5.93. The van der Waals surface area contributed by atoms with Crippen LogP contribution in [0.4, 0.5) is 24.7 Å². The first-order chi connectivity index (χ1) is 18.4. The van der Waals surface area contributed by atoms with Crippen molar-refractivity contribution >= 4 is 22.4 Å². The van der Waals surface area contributed by atoms with Gasteiger partial charge in [-0.1, -0.05) is 39.0 Å². The zero-order valence-corrected chi connectivity index (χ0v) is 23.0. The number of hydrogen-bond donors (Lipinski definition) is 2. The molecule has 0 radical (unpaired) electrons. The van der Waals surface area contributed by atoms with Crippen LogP contribution in [0, 0.1) is 0 Å². The number of hydrogen-bond acceptors (Lipinski definition) is 5. The van der Waals surface area contributed by atoms with Gasteiger partial charge in [0.25, 0.3) is 0 Å². The Morgan fingerprint density at radius 2 is 1.69 bits per heavy atom. The molecule has 0 aliphatic carbocycles. The van der Waals surface area contributed by atoms with E-state index in [-0.39, 0.29) is 17.7 Å². The van der Waals surface area contributed by atoms with E-state index >= 15 is 0 Å². The van der Waals surface area contributed by atoms with Gasteiger partial charge in [-0.2, -0.15) is 13.2 Å². The summed E-state index contributed by atoms with van der Waals surface area (Å²) in [6.45, 7) is 8.20. The van der Waals surface area contributed by atoms with E-state index in [9.17, 15) is 13.2 Å². The van der Waals surface area contributed by atoms with E-state index in [4.69, 9.17) is 9.72 Å². The number of benzene rings is 2. The molecule has 0 saturated heterocycles. The summed E-state index contributed by atoms with van der Waals surface area (Å²) in [5.41, 5.74) is 1.98. The highest BCUT2D eigenvalue weighted by atomic mass is 19.4. The maximum atomic E-state index is 13.7. The van der Waals surface area contributed by atoms with E-state index < -0.39 is 11.7 Å². The fourth-order valence-corrected chi connectivity index (χ4v) is 4.23. The van der Waals surface area contributed by atoms with Gasteiger partial charge in [0, 0.05) is 29.3 Å². The second-order valence-corrected chi connectivity index (χ2v) is 10.9. The molecular weight excluding hydrogens is 503 g/mol. The predicted octanol–water partition coefficient (Wildman–Crippen LogP) is 5.80. The molecule has 9 heteroatoms. The average Bonchev–Trinajstić information content (AvgIpc) is 2.87. The summed E-state index contributed by atoms with van der Waals surface area (Å²) in [6, 6.07) is 15.4. The van der Waals surface area contributed by atoms with Crippen LogP contribution in [-0.2, 0) is 22.9 Å². The van der Waals surface area contributed by atoms with Crippen LogP contribution in [0.5, 0.6) is 0 Å². The highest BCUT2D eigenvalue weighted by Gasteiger charge is 2.34. The van der Waals surface area contributed by atoms with Crippen LogP contribution in [0.1, 0.15) is 44.1 Å². The number of pyridine rings is 1. The Morgan fingerprint density at radius 1 is 0.949 bits per heavy atom. The Labute approximate surface area is 227 Å². The van der Waals surface area contributed by atoms with Gasteiger partial charge in [0.1, 0.15) is 12.4 Å². The van der Waals surface area contributed by atoms with Gasteiger partial charge in [-0.15, -0.1) is 0 Å². The number of aromatic nitrogens is 3. The number of ether oxygens (including phenoxy) is 1. The number of fused-ring (bicyclic) bond motifs is 1. The number of halogens is 3. The monoisotopic (exact) mass is 538 g/mol. The van der Waals surface area contributed by atoms with Crippen molar-refractivity contribution in [1.29, 1.82) is 0 Å². The zero-order valence-electron chi connectivity index (χ0n) is 23.0. The number of rotatable bonds is 9. The first kappa shape index (κ1) is 28.4. The number of quaternary nitrogens is 1. The van der Waals surface area contributed by atoms with Crippen molar-refractivity contribution in [3.63, 3.8) is 0 Å². The normalized spacial score (nSPS) is 12.3. The van der Waals surface area contributed by atoms with Crippen molar-refractivity contribution in [2.75, 3.05) is 32.6 Å². The molecule has 0 saturated carbocycles. The molecular formula is C30H35F3N5O+. The third-order valence-electron chi connectivity index (χ3n) is 6.34. The summed E-state index contributed by atoms with van der Waals surface area (Å²) >= 11 is 0. The molecule has 0 amide bonds. The van der Waals surface area contributed by atoms with Crippen molar-refractivity contribution in [3.05, 3.63) is 77.7 Å². The van der Waals surface area contributed by atoms with Gasteiger partial charge in [0.2, 0.25) is 0 Å². The average molecular weight is 539 g/mol. The third kappa shape index (κ3) is 7.30. The van der Waals surface area contributed by atoms with Crippen LogP contribution < -0.4 is 10.2 Å². The van der Waals surface area contributed by atoms with Crippen molar-refractivity contribution in [1.82, 2.24) is 15.0 Å². The first-order valence-electron chi connectivity index (χ1n) is 13.0. The van der Waals surface area contributed by atoms with Crippen LogP contribution in [-0.4, -0.2) is 42.2 Å². The first-order valence-corrected chi connectivity index (χ1v) is 13.0. The van der Waals surface area contributed by atoms with Crippen LogP contribution in [0.15, 0.2) is 60.8 Å². The predicted molar refractivity (Wildman–Crippen MR) is 148 cm³/mol. The molecule has 0 bridgehead atoms. The molecule has 0 atom stereocenters. The minimum absolute atomic E-state index is 0.0237. The molecule has 4 rings (SSSR count). The fourth-order valence-electron chi connectivity index (χ4n) is 4.23. The zero-order chi connectivity index (χ0) is 28.2. The van der Waals surface area contributed by atoms with Crippen molar-refractivity contribution in [2.45, 2.75) is 45.4 Å². The largest absolute Gasteiger partial charge is 0.418 e. The lowest BCUT2D eigenvalue weighted by Crippen LogP contribution is -3.05. The van der Waals surface area contributed by atoms with Crippen molar-refractivity contribution in [3.8, 4) is 11.3 Å². The summed E-state index contributed by atoms with van der Waals surface area (Å²) in [5.74, 6) is 1.01. The van der Waals surface area contributed by atoms with E-state index in [1.54, 1.807) is 18.2 Å². The lowest BCUT2D eigenvalue weighted by molar-refractivity contribution is -0.858. The summed E-state index contributed by atoms with van der Waals surface area (Å²) < 4.78 is 46.9. The molecule has 0 spiro atoms. The van der Waals surface area contributed by atoms with Gasteiger partial charge in [0.05, 0.1) is 44.0 Å². The Balaban J connectivity index is 1.71. The molecule has 2 aromatic heterocycles. The summed E-state index contributed by atoms with van der Waals surface area (Å²) in [6.07, 6.45) is -2.27. The van der Waals surface area contributed by atoms with Gasteiger partial charge >= 0.3 is 6.18 Å². The van der Waals surface area contributed by atoms with E-state index in [0.29, 0.717) is 34.7 Å². The second-order valence-electron chi connectivity index (χ2n) is 10.9. The van der Waals surface area contributed by atoms with Gasteiger partial charge in [-0.25, -0.2) is 9.97 Å². The maximum absolute atomic E-state index is 13.7. The quantitative estimate of drug-likeness (QED) is 0.264. The van der Waals surface area contributed by atoms with Gasteiger partial charge in [0.15, 0.2) is 5.82 Å². The lowest BCUT2D eigenvalue weighted by atomic mass is 9.87. The Hall–Kier alpha value is -3.56. The molecule has 4 aromatic rings. The highest BCUT2D eigenvalue weighted by Crippen LogP contribution is 2.37. The number of nitrogens with zero attached hydrogens (tertiary/aromatic N) is 3.